The zero-order chi connectivity index (χ0) is 34.3. The van der Waals surface area contributed by atoms with Crippen LogP contribution in [0.4, 0.5) is 0 Å². The fourth-order valence-electron chi connectivity index (χ4n) is 6.78. The second-order valence-electron chi connectivity index (χ2n) is 15.7. The van der Waals surface area contributed by atoms with Crippen LogP contribution >= 0.6 is 0 Å². The van der Waals surface area contributed by atoms with E-state index in [0.717, 1.165) is 35.4 Å². The summed E-state index contributed by atoms with van der Waals surface area (Å²) >= 11 is 0. The first kappa shape index (κ1) is 38.6. The molecule has 0 amide bonds. The molecule has 5 nitrogen and oxygen atoms in total. The van der Waals surface area contributed by atoms with Gasteiger partial charge >= 0.3 is 11.9 Å². The minimum Gasteiger partial charge on any atom is -0.490 e. The van der Waals surface area contributed by atoms with Gasteiger partial charge in [-0.2, -0.15) is 0 Å². The Kier molecular flexibility index (Phi) is 15.8. The summed E-state index contributed by atoms with van der Waals surface area (Å²) in [5.41, 5.74) is 3.06. The van der Waals surface area contributed by atoms with Crippen molar-refractivity contribution in [3.63, 3.8) is 0 Å². The second kappa shape index (κ2) is 19.2. The highest BCUT2D eigenvalue weighted by atomic mass is 16.6. The molecule has 0 radical (unpaired) electrons. The van der Waals surface area contributed by atoms with Gasteiger partial charge < -0.3 is 14.2 Å². The zero-order valence-electron chi connectivity index (χ0n) is 30.8. The molecule has 2 aromatic carbocycles. The Morgan fingerprint density at radius 2 is 1.36 bits per heavy atom. The third-order valence-corrected chi connectivity index (χ3v) is 9.75. The molecule has 0 N–H and O–H groups in total. The lowest BCUT2D eigenvalue weighted by Crippen LogP contribution is -2.20. The molecule has 2 aromatic rings. The second-order valence-corrected chi connectivity index (χ2v) is 15.7. The molecule has 1 heterocycles. The van der Waals surface area contributed by atoms with Gasteiger partial charge in [-0.3, -0.25) is 9.59 Å². The standard InChI is InChI=1S/C42H64O5/c1-8-9-10-11-12-13-14-17-21-33(41(2,3)4)22-18-15-16-19-25-37(43)46-31-30-45-34-28-26-32(27-29-34)38-35-23-20-24-36(42(5,6)7)39(35)47-40(38)44/h20,23-24,26-29,33,38H,8-19,21-22,25,30-31H2,1-7H3. The fourth-order valence-corrected chi connectivity index (χ4v) is 6.78. The Morgan fingerprint density at radius 1 is 0.766 bits per heavy atom. The largest absolute Gasteiger partial charge is 0.490 e. The first-order valence-electron chi connectivity index (χ1n) is 18.6. The molecule has 0 bridgehead atoms. The number of hydrogen-bond donors (Lipinski definition) is 0. The van der Waals surface area contributed by atoms with Crippen molar-refractivity contribution in [3.8, 4) is 11.5 Å². The lowest BCUT2D eigenvalue weighted by atomic mass is 9.75. The van der Waals surface area contributed by atoms with Crippen LogP contribution < -0.4 is 9.47 Å². The van der Waals surface area contributed by atoms with Crippen LogP contribution in [0.2, 0.25) is 0 Å². The maximum atomic E-state index is 12.8. The van der Waals surface area contributed by atoms with Crippen LogP contribution in [0.25, 0.3) is 0 Å². The van der Waals surface area contributed by atoms with Crippen LogP contribution in [0.5, 0.6) is 11.5 Å². The van der Waals surface area contributed by atoms with E-state index < -0.39 is 5.92 Å². The molecule has 1 aliphatic heterocycles. The molecule has 47 heavy (non-hydrogen) atoms. The summed E-state index contributed by atoms with van der Waals surface area (Å²) in [5.74, 6) is 1.30. The van der Waals surface area contributed by atoms with Crippen molar-refractivity contribution in [3.05, 3.63) is 59.2 Å². The highest BCUT2D eigenvalue weighted by Crippen LogP contribution is 2.45. The minimum absolute atomic E-state index is 0.121. The van der Waals surface area contributed by atoms with Crippen molar-refractivity contribution in [2.45, 2.75) is 156 Å². The summed E-state index contributed by atoms with van der Waals surface area (Å²) in [6, 6.07) is 13.5. The summed E-state index contributed by atoms with van der Waals surface area (Å²) in [6.45, 7) is 16.3. The number of rotatable bonds is 21. The number of esters is 2. The molecule has 0 saturated carbocycles. The Balaban J connectivity index is 1.27. The van der Waals surface area contributed by atoms with Crippen LogP contribution in [0.15, 0.2) is 42.5 Å². The number of hydrogen-bond acceptors (Lipinski definition) is 5. The molecule has 2 unspecified atom stereocenters. The Morgan fingerprint density at radius 3 is 1.96 bits per heavy atom. The first-order chi connectivity index (χ1) is 22.4. The van der Waals surface area contributed by atoms with E-state index >= 15 is 0 Å². The summed E-state index contributed by atoms with van der Waals surface area (Å²) in [7, 11) is 0. The molecule has 0 fully saturated rings. The van der Waals surface area contributed by atoms with Crippen LogP contribution in [-0.2, 0) is 19.7 Å². The van der Waals surface area contributed by atoms with E-state index in [0.29, 0.717) is 29.9 Å². The van der Waals surface area contributed by atoms with Crippen LogP contribution in [0.1, 0.15) is 167 Å². The smallest absolute Gasteiger partial charge is 0.323 e. The molecule has 0 aromatic heterocycles. The fraction of sp³-hybridized carbons (Fsp3) is 0.667. The number of carbonyl (C=O) groups is 2. The van der Waals surface area contributed by atoms with Gasteiger partial charge in [-0.25, -0.2) is 0 Å². The lowest BCUT2D eigenvalue weighted by molar-refractivity contribution is -0.144. The molecule has 0 aliphatic carbocycles. The number of carbonyl (C=O) groups excluding carboxylic acids is 2. The van der Waals surface area contributed by atoms with E-state index in [1.807, 2.05) is 42.5 Å². The average molecular weight is 649 g/mol. The van der Waals surface area contributed by atoms with Gasteiger partial charge in [-0.15, -0.1) is 0 Å². The summed E-state index contributed by atoms with van der Waals surface area (Å²) < 4.78 is 17.0. The van der Waals surface area contributed by atoms with Crippen LogP contribution in [-0.4, -0.2) is 25.2 Å². The average Bonchev–Trinajstić information content (AvgIpc) is 3.36. The van der Waals surface area contributed by atoms with Gasteiger partial charge in [0.05, 0.1) is 0 Å². The normalized spacial score (nSPS) is 15.3. The van der Waals surface area contributed by atoms with Crippen molar-refractivity contribution in [2.75, 3.05) is 13.2 Å². The highest BCUT2D eigenvalue weighted by molar-refractivity contribution is 5.90. The molecule has 0 spiro atoms. The Labute approximate surface area is 286 Å². The number of para-hydroxylation sites is 1. The lowest BCUT2D eigenvalue weighted by Gasteiger charge is -2.31. The monoisotopic (exact) mass is 648 g/mol. The maximum Gasteiger partial charge on any atom is 0.323 e. The molecule has 0 saturated heterocycles. The summed E-state index contributed by atoms with van der Waals surface area (Å²) in [6.07, 6.45) is 18.5. The zero-order valence-corrected chi connectivity index (χ0v) is 30.8. The predicted octanol–water partition coefficient (Wildman–Crippen LogP) is 11.5. The molecule has 262 valence electrons. The van der Waals surface area contributed by atoms with Crippen LogP contribution in [0, 0.1) is 11.3 Å². The van der Waals surface area contributed by atoms with Gasteiger partial charge in [-0.1, -0.05) is 149 Å². The summed E-state index contributed by atoms with van der Waals surface area (Å²) in [5, 5.41) is 0. The third-order valence-electron chi connectivity index (χ3n) is 9.75. The maximum absolute atomic E-state index is 12.8. The van der Waals surface area contributed by atoms with Crippen molar-refractivity contribution >= 4 is 11.9 Å². The Hall–Kier alpha value is -2.82. The SMILES string of the molecule is CCCCCCCCCCC(CCCCCCC(=O)OCCOc1ccc(C2C(=O)Oc3c2cccc3C(C)(C)C)cc1)C(C)(C)C. The van der Waals surface area contributed by atoms with E-state index in [2.05, 4.69) is 48.5 Å². The topological polar surface area (TPSA) is 61.8 Å². The molecule has 1 aliphatic rings. The highest BCUT2D eigenvalue weighted by Gasteiger charge is 2.37. The van der Waals surface area contributed by atoms with E-state index in [-0.39, 0.29) is 24.0 Å². The third kappa shape index (κ3) is 13.0. The van der Waals surface area contributed by atoms with E-state index in [1.165, 1.54) is 77.0 Å². The molecular weight excluding hydrogens is 584 g/mol. The van der Waals surface area contributed by atoms with Gasteiger partial charge in [0.2, 0.25) is 0 Å². The molecular formula is C42H64O5. The molecule has 3 rings (SSSR count). The number of ether oxygens (including phenoxy) is 3. The van der Waals surface area contributed by atoms with E-state index in [9.17, 15) is 9.59 Å². The van der Waals surface area contributed by atoms with E-state index in [4.69, 9.17) is 14.2 Å². The number of benzene rings is 2. The quantitative estimate of drug-likeness (QED) is 0.0766. The van der Waals surface area contributed by atoms with Crippen molar-refractivity contribution in [2.24, 2.45) is 11.3 Å². The van der Waals surface area contributed by atoms with Crippen molar-refractivity contribution in [1.29, 1.82) is 0 Å². The van der Waals surface area contributed by atoms with Gasteiger partial charge in [0, 0.05) is 17.5 Å². The molecule has 2 atom stereocenters. The molecule has 5 heteroatoms. The van der Waals surface area contributed by atoms with Crippen LogP contribution in [0.3, 0.4) is 0 Å². The summed E-state index contributed by atoms with van der Waals surface area (Å²) in [4.78, 5) is 25.1. The van der Waals surface area contributed by atoms with Gasteiger partial charge in [0.25, 0.3) is 0 Å². The van der Waals surface area contributed by atoms with Gasteiger partial charge in [-0.05, 0) is 53.7 Å². The van der Waals surface area contributed by atoms with Gasteiger partial charge in [0.1, 0.15) is 30.6 Å². The number of unbranched alkanes of at least 4 members (excludes halogenated alkanes) is 10. The number of fused-ring (bicyclic) bond motifs is 1. The predicted molar refractivity (Wildman–Crippen MR) is 193 cm³/mol. The first-order valence-corrected chi connectivity index (χ1v) is 18.6. The van der Waals surface area contributed by atoms with Crippen molar-refractivity contribution < 1.29 is 23.8 Å². The minimum atomic E-state index is -0.443. The van der Waals surface area contributed by atoms with E-state index in [1.54, 1.807) is 0 Å². The Bertz CT molecular complexity index is 1220. The van der Waals surface area contributed by atoms with Gasteiger partial charge in [0.15, 0.2) is 0 Å². The van der Waals surface area contributed by atoms with Crippen molar-refractivity contribution in [1.82, 2.24) is 0 Å².